The molecule has 134 valence electrons. The Morgan fingerprint density at radius 2 is 2.00 bits per heavy atom. The number of carbonyl (C=O) groups excluding carboxylic acids is 1. The minimum Gasteiger partial charge on any atom is -0.330 e. The number of hydrogen-bond donors (Lipinski definition) is 0. The van der Waals surface area contributed by atoms with E-state index in [0.29, 0.717) is 18.3 Å². The number of nitrogens with zero attached hydrogens (tertiary/aromatic N) is 3. The molecule has 1 aromatic heterocycles. The van der Waals surface area contributed by atoms with Crippen LogP contribution in [0.3, 0.4) is 0 Å². The third kappa shape index (κ3) is 4.30. The van der Waals surface area contributed by atoms with Gasteiger partial charge >= 0.3 is 0 Å². The molecule has 2 aromatic rings. The molecule has 1 amide bonds. The van der Waals surface area contributed by atoms with Gasteiger partial charge in [0.15, 0.2) is 0 Å². The molecule has 4 nitrogen and oxygen atoms in total. The van der Waals surface area contributed by atoms with Crippen molar-refractivity contribution in [3.8, 4) is 0 Å². The third-order valence-electron chi connectivity index (χ3n) is 5.07. The first-order valence-corrected chi connectivity index (χ1v) is 9.46. The molecular weight excluding hydrogens is 310 g/mol. The Kier molecular flexibility index (Phi) is 5.57. The Balaban J connectivity index is 1.85. The van der Waals surface area contributed by atoms with Crippen molar-refractivity contribution in [1.29, 1.82) is 0 Å². The zero-order valence-electron chi connectivity index (χ0n) is 15.6. The Bertz CT molecular complexity index is 713. The minimum absolute atomic E-state index is 0.0628. The van der Waals surface area contributed by atoms with Crippen LogP contribution in [0, 0.1) is 6.92 Å². The summed E-state index contributed by atoms with van der Waals surface area (Å²) in [6.07, 6.45) is 7.81. The molecule has 0 N–H and O–H groups in total. The summed E-state index contributed by atoms with van der Waals surface area (Å²) in [6, 6.07) is 10.9. The molecule has 25 heavy (non-hydrogen) atoms. The standard InChI is InChI=1S/C21H29N3O/c1-16(2)24-13-12-20(22-24)21(25)23(19-10-5-4-6-11-19)15-18-9-7-8-17(3)14-18/h7-9,12-14,16,19H,4-6,10-11,15H2,1-3H3. The van der Waals surface area contributed by atoms with Crippen LogP contribution in [0.2, 0.25) is 0 Å². The average molecular weight is 339 g/mol. The summed E-state index contributed by atoms with van der Waals surface area (Å²) in [5.74, 6) is 0.0628. The fraction of sp³-hybridized carbons (Fsp3) is 0.524. The van der Waals surface area contributed by atoms with Gasteiger partial charge in [-0.3, -0.25) is 9.48 Å². The largest absolute Gasteiger partial charge is 0.330 e. The predicted molar refractivity (Wildman–Crippen MR) is 101 cm³/mol. The maximum Gasteiger partial charge on any atom is 0.274 e. The Morgan fingerprint density at radius 3 is 2.64 bits per heavy atom. The number of aryl methyl sites for hydroxylation is 1. The molecule has 1 aromatic carbocycles. The van der Waals surface area contributed by atoms with Gasteiger partial charge in [0, 0.05) is 24.8 Å². The second-order valence-corrected chi connectivity index (χ2v) is 7.49. The molecule has 1 saturated carbocycles. The van der Waals surface area contributed by atoms with E-state index in [1.54, 1.807) is 0 Å². The maximum atomic E-state index is 13.2. The van der Waals surface area contributed by atoms with Crippen molar-refractivity contribution in [1.82, 2.24) is 14.7 Å². The lowest BCUT2D eigenvalue weighted by Crippen LogP contribution is -2.41. The van der Waals surface area contributed by atoms with E-state index in [0.717, 1.165) is 12.8 Å². The van der Waals surface area contributed by atoms with Gasteiger partial charge in [-0.2, -0.15) is 5.10 Å². The summed E-state index contributed by atoms with van der Waals surface area (Å²) in [6.45, 7) is 6.92. The van der Waals surface area contributed by atoms with Gasteiger partial charge in [-0.05, 0) is 45.2 Å². The summed E-state index contributed by atoms with van der Waals surface area (Å²) in [5, 5.41) is 4.51. The molecule has 1 heterocycles. The smallest absolute Gasteiger partial charge is 0.274 e. The molecule has 0 spiro atoms. The normalized spacial score (nSPS) is 15.5. The molecule has 0 atom stereocenters. The summed E-state index contributed by atoms with van der Waals surface area (Å²) in [7, 11) is 0. The summed E-state index contributed by atoms with van der Waals surface area (Å²) in [5.41, 5.74) is 2.99. The van der Waals surface area contributed by atoms with Gasteiger partial charge in [-0.15, -0.1) is 0 Å². The zero-order valence-corrected chi connectivity index (χ0v) is 15.6. The lowest BCUT2D eigenvalue weighted by Gasteiger charge is -2.34. The SMILES string of the molecule is Cc1cccc(CN(C(=O)c2ccn(C(C)C)n2)C2CCCCC2)c1. The lowest BCUT2D eigenvalue weighted by atomic mass is 9.93. The van der Waals surface area contributed by atoms with Crippen molar-refractivity contribution in [2.75, 3.05) is 0 Å². The first-order chi connectivity index (χ1) is 12.0. The van der Waals surface area contributed by atoms with Gasteiger partial charge in [-0.25, -0.2) is 0 Å². The van der Waals surface area contributed by atoms with Crippen LogP contribution in [0.1, 0.15) is 73.6 Å². The van der Waals surface area contributed by atoms with Crippen molar-refractivity contribution < 1.29 is 4.79 Å². The van der Waals surface area contributed by atoms with E-state index >= 15 is 0 Å². The zero-order chi connectivity index (χ0) is 17.8. The Hall–Kier alpha value is -2.10. The van der Waals surface area contributed by atoms with E-state index in [4.69, 9.17) is 0 Å². The molecule has 1 aliphatic carbocycles. The number of carbonyl (C=O) groups is 1. The van der Waals surface area contributed by atoms with E-state index in [-0.39, 0.29) is 11.9 Å². The summed E-state index contributed by atoms with van der Waals surface area (Å²) >= 11 is 0. The van der Waals surface area contributed by atoms with Crippen LogP contribution in [-0.4, -0.2) is 26.6 Å². The number of benzene rings is 1. The topological polar surface area (TPSA) is 38.1 Å². The van der Waals surface area contributed by atoms with Crippen LogP contribution in [0.25, 0.3) is 0 Å². The minimum atomic E-state index is 0.0628. The van der Waals surface area contributed by atoms with Crippen LogP contribution in [0.4, 0.5) is 0 Å². The Morgan fingerprint density at radius 1 is 1.24 bits per heavy atom. The number of rotatable bonds is 5. The van der Waals surface area contributed by atoms with Gasteiger partial charge in [0.1, 0.15) is 5.69 Å². The molecular formula is C21H29N3O. The van der Waals surface area contributed by atoms with Crippen LogP contribution in [0.15, 0.2) is 36.5 Å². The number of amides is 1. The quantitative estimate of drug-likeness (QED) is 0.788. The van der Waals surface area contributed by atoms with Gasteiger partial charge < -0.3 is 4.90 Å². The highest BCUT2D eigenvalue weighted by atomic mass is 16.2. The molecule has 1 aliphatic rings. The first kappa shape index (κ1) is 17.7. The number of aromatic nitrogens is 2. The molecule has 3 rings (SSSR count). The van der Waals surface area contributed by atoms with Crippen LogP contribution in [-0.2, 0) is 6.54 Å². The summed E-state index contributed by atoms with van der Waals surface area (Å²) < 4.78 is 1.86. The van der Waals surface area contributed by atoms with Gasteiger partial charge in [0.2, 0.25) is 0 Å². The fourth-order valence-corrected chi connectivity index (χ4v) is 3.65. The van der Waals surface area contributed by atoms with Crippen molar-refractivity contribution >= 4 is 5.91 Å². The van der Waals surface area contributed by atoms with Gasteiger partial charge in [0.25, 0.3) is 5.91 Å². The molecule has 0 unspecified atom stereocenters. The highest BCUT2D eigenvalue weighted by Gasteiger charge is 2.28. The lowest BCUT2D eigenvalue weighted by molar-refractivity contribution is 0.0607. The predicted octanol–water partition coefficient (Wildman–Crippen LogP) is 4.75. The summed E-state index contributed by atoms with van der Waals surface area (Å²) in [4.78, 5) is 15.3. The van der Waals surface area contributed by atoms with E-state index in [1.807, 2.05) is 16.9 Å². The fourth-order valence-electron chi connectivity index (χ4n) is 3.65. The van der Waals surface area contributed by atoms with Gasteiger partial charge in [0.05, 0.1) is 0 Å². The maximum absolute atomic E-state index is 13.2. The van der Waals surface area contributed by atoms with E-state index in [2.05, 4.69) is 55.0 Å². The third-order valence-corrected chi connectivity index (χ3v) is 5.07. The van der Waals surface area contributed by atoms with Crippen LogP contribution in [0.5, 0.6) is 0 Å². The molecule has 0 aliphatic heterocycles. The molecule has 0 radical (unpaired) electrons. The average Bonchev–Trinajstić information content (AvgIpc) is 3.10. The van der Waals surface area contributed by atoms with E-state index in [9.17, 15) is 4.79 Å². The highest BCUT2D eigenvalue weighted by Crippen LogP contribution is 2.26. The second kappa shape index (κ2) is 7.85. The van der Waals surface area contributed by atoms with Crippen molar-refractivity contribution in [3.63, 3.8) is 0 Å². The van der Waals surface area contributed by atoms with Gasteiger partial charge in [-0.1, -0.05) is 49.1 Å². The van der Waals surface area contributed by atoms with E-state index < -0.39 is 0 Å². The van der Waals surface area contributed by atoms with Crippen LogP contribution < -0.4 is 0 Å². The van der Waals surface area contributed by atoms with Crippen molar-refractivity contribution in [3.05, 3.63) is 53.3 Å². The van der Waals surface area contributed by atoms with Crippen molar-refractivity contribution in [2.24, 2.45) is 0 Å². The molecule has 0 bridgehead atoms. The molecule has 4 heteroatoms. The molecule has 1 fully saturated rings. The Labute approximate surface area is 150 Å². The highest BCUT2D eigenvalue weighted by molar-refractivity contribution is 5.92. The van der Waals surface area contributed by atoms with Crippen LogP contribution >= 0.6 is 0 Å². The second-order valence-electron chi connectivity index (χ2n) is 7.49. The first-order valence-electron chi connectivity index (χ1n) is 9.46. The van der Waals surface area contributed by atoms with E-state index in [1.165, 1.54) is 30.4 Å². The number of hydrogen-bond acceptors (Lipinski definition) is 2. The molecule has 0 saturated heterocycles. The monoisotopic (exact) mass is 339 g/mol. The van der Waals surface area contributed by atoms with Crippen molar-refractivity contribution in [2.45, 2.75) is 71.5 Å².